The normalized spacial score (nSPS) is 20.4. The third kappa shape index (κ3) is 5.08. The fourth-order valence-corrected chi connectivity index (χ4v) is 4.63. The van der Waals surface area contributed by atoms with Crippen LogP contribution in [0.3, 0.4) is 0 Å². The Bertz CT molecular complexity index is 1150. The molecular formula is C25H27FN4O5. The summed E-state index contributed by atoms with van der Waals surface area (Å²) in [4.78, 5) is 29.7. The van der Waals surface area contributed by atoms with E-state index in [1.165, 1.54) is 19.2 Å². The highest BCUT2D eigenvalue weighted by Gasteiger charge is 2.34. The summed E-state index contributed by atoms with van der Waals surface area (Å²) in [5, 5.41) is 5.55. The van der Waals surface area contributed by atoms with Crippen LogP contribution in [0.2, 0.25) is 0 Å². The van der Waals surface area contributed by atoms with E-state index in [0.29, 0.717) is 23.4 Å². The minimum absolute atomic E-state index is 0.259. The number of hydrogen-bond donors (Lipinski definition) is 2. The molecule has 0 aliphatic carbocycles. The molecule has 0 radical (unpaired) electrons. The molecule has 35 heavy (non-hydrogen) atoms. The molecule has 5 rings (SSSR count). The number of nitrogens with one attached hydrogen (secondary N) is 2. The lowest BCUT2D eigenvalue weighted by atomic mass is 9.95. The largest absolute Gasteiger partial charge is 0.466 e. The molecule has 2 aromatic rings. The Kier molecular flexibility index (Phi) is 6.56. The van der Waals surface area contributed by atoms with Crippen LogP contribution in [0.5, 0.6) is 11.5 Å². The van der Waals surface area contributed by atoms with Gasteiger partial charge in [-0.1, -0.05) is 18.2 Å². The molecule has 184 valence electrons. The molecule has 3 aliphatic heterocycles. The van der Waals surface area contributed by atoms with Gasteiger partial charge in [0, 0.05) is 45.0 Å². The van der Waals surface area contributed by atoms with E-state index in [1.807, 2.05) is 18.2 Å². The Morgan fingerprint density at radius 1 is 1.03 bits per heavy atom. The Morgan fingerprint density at radius 2 is 1.71 bits per heavy atom. The average Bonchev–Trinajstić information content (AvgIpc) is 3.33. The summed E-state index contributed by atoms with van der Waals surface area (Å²) in [6.07, 6.45) is 0. The molecule has 2 N–H and O–H groups in total. The number of esters is 1. The highest BCUT2D eigenvalue weighted by molar-refractivity contribution is 5.95. The number of carbonyl (C=O) groups excluding carboxylic acids is 2. The number of fused-ring (bicyclic) bond motifs is 1. The lowest BCUT2D eigenvalue weighted by molar-refractivity contribution is -0.136. The maximum atomic E-state index is 13.4. The van der Waals surface area contributed by atoms with Crippen molar-refractivity contribution >= 4 is 12.0 Å². The molecule has 9 nitrogen and oxygen atoms in total. The molecule has 3 aliphatic rings. The van der Waals surface area contributed by atoms with Crippen LogP contribution in [0.4, 0.5) is 9.18 Å². The zero-order valence-corrected chi connectivity index (χ0v) is 19.4. The van der Waals surface area contributed by atoms with Crippen LogP contribution >= 0.6 is 0 Å². The van der Waals surface area contributed by atoms with Gasteiger partial charge in [0.05, 0.1) is 18.7 Å². The van der Waals surface area contributed by atoms with Gasteiger partial charge in [-0.2, -0.15) is 0 Å². The van der Waals surface area contributed by atoms with Crippen LogP contribution in [0.1, 0.15) is 17.2 Å². The van der Waals surface area contributed by atoms with Crippen LogP contribution < -0.4 is 20.1 Å². The molecule has 0 aromatic heterocycles. The average molecular weight is 483 g/mol. The molecule has 1 fully saturated rings. The second-order valence-electron chi connectivity index (χ2n) is 8.71. The van der Waals surface area contributed by atoms with Crippen LogP contribution in [0.15, 0.2) is 53.7 Å². The van der Waals surface area contributed by atoms with E-state index in [-0.39, 0.29) is 6.79 Å². The molecule has 1 saturated heterocycles. The van der Waals surface area contributed by atoms with Crippen molar-refractivity contribution in [2.24, 2.45) is 0 Å². The van der Waals surface area contributed by atoms with E-state index in [1.54, 1.807) is 12.1 Å². The van der Waals surface area contributed by atoms with Gasteiger partial charge in [0.1, 0.15) is 5.82 Å². The fraction of sp³-hybridized carbons (Fsp3) is 0.360. The van der Waals surface area contributed by atoms with Gasteiger partial charge < -0.3 is 24.8 Å². The van der Waals surface area contributed by atoms with E-state index in [0.717, 1.165) is 49.8 Å². The number of rotatable bonds is 6. The molecule has 0 spiro atoms. The van der Waals surface area contributed by atoms with Crippen molar-refractivity contribution in [2.75, 3.05) is 46.6 Å². The molecule has 1 unspecified atom stereocenters. The maximum absolute atomic E-state index is 13.4. The zero-order valence-electron chi connectivity index (χ0n) is 19.4. The van der Waals surface area contributed by atoms with E-state index < -0.39 is 23.9 Å². The predicted molar refractivity (Wildman–Crippen MR) is 124 cm³/mol. The number of carbonyl (C=O) groups is 2. The van der Waals surface area contributed by atoms with Gasteiger partial charge in [-0.05, 0) is 35.4 Å². The quantitative estimate of drug-likeness (QED) is 0.610. The third-order valence-electron chi connectivity index (χ3n) is 6.45. The van der Waals surface area contributed by atoms with Gasteiger partial charge in [0.15, 0.2) is 11.5 Å². The highest BCUT2D eigenvalue weighted by Crippen LogP contribution is 2.33. The van der Waals surface area contributed by atoms with Gasteiger partial charge in [-0.25, -0.2) is 14.0 Å². The van der Waals surface area contributed by atoms with Crippen molar-refractivity contribution in [2.45, 2.75) is 12.6 Å². The van der Waals surface area contributed by atoms with Crippen LogP contribution in [-0.2, 0) is 16.1 Å². The second-order valence-corrected chi connectivity index (χ2v) is 8.71. The number of hydrogen-bond acceptors (Lipinski definition) is 7. The van der Waals surface area contributed by atoms with Gasteiger partial charge in [-0.3, -0.25) is 9.80 Å². The number of methoxy groups -OCH3 is 1. The Labute approximate surface area is 202 Å². The molecular weight excluding hydrogens is 455 g/mol. The van der Waals surface area contributed by atoms with Gasteiger partial charge in [0.2, 0.25) is 6.79 Å². The Morgan fingerprint density at radius 3 is 2.43 bits per heavy atom. The Balaban J connectivity index is 1.27. The molecule has 10 heteroatoms. The molecule has 0 saturated carbocycles. The SMILES string of the molecule is COC(=O)C1=C(CN2CCN(Cc3ccc4c(c3)OCO4)CC2)NC(=O)NC1c1ccc(F)cc1. The van der Waals surface area contributed by atoms with E-state index in [9.17, 15) is 14.0 Å². The molecule has 2 aromatic carbocycles. The van der Waals surface area contributed by atoms with Gasteiger partial charge >= 0.3 is 12.0 Å². The number of urea groups is 1. The van der Waals surface area contributed by atoms with Crippen molar-refractivity contribution < 1.29 is 28.2 Å². The lowest BCUT2D eigenvalue weighted by Gasteiger charge is -2.37. The second kappa shape index (κ2) is 9.93. The minimum Gasteiger partial charge on any atom is -0.466 e. The van der Waals surface area contributed by atoms with E-state index in [2.05, 4.69) is 20.4 Å². The lowest BCUT2D eigenvalue weighted by Crippen LogP contribution is -2.51. The first-order valence-electron chi connectivity index (χ1n) is 11.5. The van der Waals surface area contributed by atoms with E-state index in [4.69, 9.17) is 14.2 Å². The predicted octanol–water partition coefficient (Wildman–Crippen LogP) is 2.15. The third-order valence-corrected chi connectivity index (χ3v) is 6.45. The Hall–Kier alpha value is -3.63. The van der Waals surface area contributed by atoms with Crippen molar-refractivity contribution in [3.8, 4) is 11.5 Å². The summed E-state index contributed by atoms with van der Waals surface area (Å²) in [5.74, 6) is 0.622. The van der Waals surface area contributed by atoms with Crippen molar-refractivity contribution in [3.05, 3.63) is 70.7 Å². The number of benzene rings is 2. The van der Waals surface area contributed by atoms with Crippen LogP contribution in [-0.4, -0.2) is 68.4 Å². The highest BCUT2D eigenvalue weighted by atomic mass is 19.1. The number of ether oxygens (including phenoxy) is 3. The maximum Gasteiger partial charge on any atom is 0.338 e. The summed E-state index contributed by atoms with van der Waals surface area (Å²) in [7, 11) is 1.31. The number of nitrogens with zero attached hydrogens (tertiary/aromatic N) is 2. The number of piperazine rings is 1. The first kappa shape index (κ1) is 23.1. The fourth-order valence-electron chi connectivity index (χ4n) is 4.63. The van der Waals surface area contributed by atoms with Crippen molar-refractivity contribution in [3.63, 3.8) is 0 Å². The molecule has 2 amide bonds. The first-order valence-corrected chi connectivity index (χ1v) is 11.5. The standard InChI is InChI=1S/C25H27FN4O5/c1-33-24(31)22-19(27-25(32)28-23(22)17-3-5-18(26)6-4-17)14-30-10-8-29(9-11-30)13-16-2-7-20-21(12-16)35-15-34-20/h2-7,12,23H,8-11,13-15H2,1H3,(H2,27,28,32). The first-order chi connectivity index (χ1) is 17.0. The monoisotopic (exact) mass is 482 g/mol. The van der Waals surface area contributed by atoms with Crippen molar-refractivity contribution in [1.29, 1.82) is 0 Å². The smallest absolute Gasteiger partial charge is 0.338 e. The molecule has 0 bridgehead atoms. The minimum atomic E-state index is -0.723. The number of halogens is 1. The van der Waals surface area contributed by atoms with Gasteiger partial charge in [-0.15, -0.1) is 0 Å². The summed E-state index contributed by atoms with van der Waals surface area (Å²) in [6, 6.07) is 10.6. The van der Waals surface area contributed by atoms with E-state index >= 15 is 0 Å². The summed E-state index contributed by atoms with van der Waals surface area (Å²) in [6.45, 7) is 4.67. The van der Waals surface area contributed by atoms with Crippen molar-refractivity contribution in [1.82, 2.24) is 20.4 Å². The topological polar surface area (TPSA) is 92.4 Å². The summed E-state index contributed by atoms with van der Waals surface area (Å²) >= 11 is 0. The molecule has 3 heterocycles. The summed E-state index contributed by atoms with van der Waals surface area (Å²) in [5.41, 5.74) is 2.58. The zero-order chi connectivity index (χ0) is 24.4. The van der Waals surface area contributed by atoms with Crippen LogP contribution in [0.25, 0.3) is 0 Å². The van der Waals surface area contributed by atoms with Crippen LogP contribution in [0, 0.1) is 5.82 Å². The number of amides is 2. The van der Waals surface area contributed by atoms with Gasteiger partial charge in [0.25, 0.3) is 0 Å². The summed E-state index contributed by atoms with van der Waals surface area (Å²) < 4.78 is 29.3. The molecule has 1 atom stereocenters.